The van der Waals surface area contributed by atoms with Crippen molar-refractivity contribution >= 4 is 34.1 Å². The highest BCUT2D eigenvalue weighted by molar-refractivity contribution is 6.05. The molecule has 0 fully saturated rings. The van der Waals surface area contributed by atoms with Crippen LogP contribution in [0.25, 0.3) is 22.3 Å². The van der Waals surface area contributed by atoms with Crippen LogP contribution in [-0.2, 0) is 5.41 Å². The van der Waals surface area contributed by atoms with Crippen LogP contribution in [0.3, 0.4) is 0 Å². The Morgan fingerprint density at radius 2 is 1.87 bits per heavy atom. The Morgan fingerprint density at radius 3 is 2.68 bits per heavy atom. The normalized spacial score (nSPS) is 11.1. The van der Waals surface area contributed by atoms with Gasteiger partial charge in [-0.2, -0.15) is 5.26 Å². The highest BCUT2D eigenvalue weighted by Gasteiger charge is 2.25. The van der Waals surface area contributed by atoms with Crippen molar-refractivity contribution in [3.8, 4) is 23.1 Å². The largest absolute Gasteiger partial charge is 0.496 e. The summed E-state index contributed by atoms with van der Waals surface area (Å²) in [4.78, 5) is 29.5. The highest BCUT2D eigenvalue weighted by Crippen LogP contribution is 2.33. The van der Waals surface area contributed by atoms with Crippen molar-refractivity contribution in [1.29, 1.82) is 5.26 Å². The van der Waals surface area contributed by atoms with Crippen LogP contribution in [0, 0.1) is 11.3 Å². The molecule has 0 spiro atoms. The zero-order chi connectivity index (χ0) is 26.7. The number of pyridine rings is 1. The van der Waals surface area contributed by atoms with E-state index in [1.165, 1.54) is 6.33 Å². The van der Waals surface area contributed by atoms with E-state index >= 15 is 0 Å². The molecule has 0 aliphatic carbocycles. The number of rotatable bonds is 7. The molecule has 38 heavy (non-hydrogen) atoms. The van der Waals surface area contributed by atoms with E-state index in [1.54, 1.807) is 51.4 Å². The van der Waals surface area contributed by atoms with Gasteiger partial charge in [0, 0.05) is 45.8 Å². The lowest BCUT2D eigenvalue weighted by atomic mass is 9.84. The smallest absolute Gasteiger partial charge is 0.255 e. The second-order valence-electron chi connectivity index (χ2n) is 9.17. The van der Waals surface area contributed by atoms with Crippen LogP contribution in [0.15, 0.2) is 79.4 Å². The number of carbonyl (C=O) groups excluding carboxylic acids is 1. The summed E-state index contributed by atoms with van der Waals surface area (Å²) in [5.41, 5.74) is 3.92. The van der Waals surface area contributed by atoms with Crippen molar-refractivity contribution in [1.82, 2.24) is 19.9 Å². The van der Waals surface area contributed by atoms with Crippen LogP contribution >= 0.6 is 0 Å². The summed E-state index contributed by atoms with van der Waals surface area (Å²) in [6.07, 6.45) is 5.05. The summed E-state index contributed by atoms with van der Waals surface area (Å²) in [7, 11) is 1.54. The Morgan fingerprint density at radius 1 is 1.03 bits per heavy atom. The summed E-state index contributed by atoms with van der Waals surface area (Å²) >= 11 is 0. The average Bonchev–Trinajstić information content (AvgIpc) is 3.42. The minimum Gasteiger partial charge on any atom is -0.496 e. The maximum Gasteiger partial charge on any atom is 0.255 e. The molecule has 3 N–H and O–H groups in total. The Labute approximate surface area is 219 Å². The molecule has 0 radical (unpaired) electrons. The Hall–Kier alpha value is -5.23. The van der Waals surface area contributed by atoms with Crippen LogP contribution in [0.4, 0.5) is 17.2 Å². The minimum absolute atomic E-state index is 0.297. The zero-order valence-electron chi connectivity index (χ0n) is 21.1. The van der Waals surface area contributed by atoms with Crippen LogP contribution in [-0.4, -0.2) is 33.0 Å². The fourth-order valence-electron chi connectivity index (χ4n) is 4.20. The molecule has 5 rings (SSSR count). The molecular formula is C29H25N7O2. The summed E-state index contributed by atoms with van der Waals surface area (Å²) in [6.45, 7) is 3.58. The molecule has 0 saturated heterocycles. The molecular weight excluding hydrogens is 478 g/mol. The van der Waals surface area contributed by atoms with Gasteiger partial charge in [0.25, 0.3) is 5.91 Å². The number of fused-ring (bicyclic) bond motifs is 1. The van der Waals surface area contributed by atoms with E-state index in [1.807, 2.05) is 42.6 Å². The monoisotopic (exact) mass is 503 g/mol. The molecule has 2 aromatic carbocycles. The standard InChI is InChI=1S/C29H25N7O2/c1-29(2,16-30)23-14-18(9-10-24(23)38-3)28(37)36-20-7-4-6-19(15-20)35-27-21(8-5-12-31-27)25-22-11-13-32-26(22)34-17-33-25/h4-15,17H,1-3H3,(H,31,35)(H,36,37)(H,32,33,34). The van der Waals surface area contributed by atoms with E-state index in [-0.39, 0.29) is 5.91 Å². The van der Waals surface area contributed by atoms with Gasteiger partial charge in [-0.05, 0) is 68.4 Å². The summed E-state index contributed by atoms with van der Waals surface area (Å²) in [5, 5.41) is 16.8. The van der Waals surface area contributed by atoms with Crippen molar-refractivity contribution in [2.45, 2.75) is 19.3 Å². The van der Waals surface area contributed by atoms with Crippen LogP contribution in [0.5, 0.6) is 5.75 Å². The number of amides is 1. The molecule has 9 heteroatoms. The lowest BCUT2D eigenvalue weighted by Crippen LogP contribution is -2.18. The second kappa shape index (κ2) is 10.0. The number of aromatic amines is 1. The van der Waals surface area contributed by atoms with Gasteiger partial charge in [-0.15, -0.1) is 0 Å². The molecule has 5 aromatic rings. The molecule has 0 saturated carbocycles. The number of H-pyrrole nitrogens is 1. The number of ether oxygens (including phenoxy) is 1. The summed E-state index contributed by atoms with van der Waals surface area (Å²) < 4.78 is 5.41. The minimum atomic E-state index is -0.818. The van der Waals surface area contributed by atoms with Gasteiger partial charge < -0.3 is 20.4 Å². The zero-order valence-corrected chi connectivity index (χ0v) is 21.1. The molecule has 0 aliphatic heterocycles. The van der Waals surface area contributed by atoms with Gasteiger partial charge in [-0.1, -0.05) is 6.07 Å². The summed E-state index contributed by atoms with van der Waals surface area (Å²) in [5.74, 6) is 0.885. The molecule has 3 heterocycles. The third kappa shape index (κ3) is 4.75. The number of nitrogens with zero attached hydrogens (tertiary/aromatic N) is 4. The predicted octanol–water partition coefficient (Wildman–Crippen LogP) is 5.83. The first-order valence-electron chi connectivity index (χ1n) is 11.9. The molecule has 0 aliphatic rings. The van der Waals surface area contributed by atoms with Gasteiger partial charge in [-0.3, -0.25) is 4.79 Å². The molecule has 0 unspecified atom stereocenters. The first kappa shape index (κ1) is 24.5. The van der Waals surface area contributed by atoms with Crippen LogP contribution in [0.2, 0.25) is 0 Å². The lowest BCUT2D eigenvalue weighted by Gasteiger charge is -2.20. The van der Waals surface area contributed by atoms with E-state index in [2.05, 4.69) is 36.6 Å². The maximum absolute atomic E-state index is 13.1. The van der Waals surface area contributed by atoms with Crippen molar-refractivity contribution < 1.29 is 9.53 Å². The second-order valence-corrected chi connectivity index (χ2v) is 9.17. The molecule has 188 valence electrons. The number of aromatic nitrogens is 4. The van der Waals surface area contributed by atoms with Gasteiger partial charge >= 0.3 is 0 Å². The van der Waals surface area contributed by atoms with E-state index in [9.17, 15) is 10.1 Å². The number of hydrogen-bond acceptors (Lipinski definition) is 7. The Bertz CT molecular complexity index is 1680. The fraction of sp³-hybridized carbons (Fsp3) is 0.138. The van der Waals surface area contributed by atoms with Gasteiger partial charge in [-0.25, -0.2) is 15.0 Å². The first-order chi connectivity index (χ1) is 18.4. The van der Waals surface area contributed by atoms with Gasteiger partial charge in [0.15, 0.2) is 0 Å². The van der Waals surface area contributed by atoms with Crippen LogP contribution < -0.4 is 15.4 Å². The third-order valence-electron chi connectivity index (χ3n) is 6.21. The molecule has 3 aromatic heterocycles. The number of nitrogens with one attached hydrogen (secondary N) is 3. The Kier molecular flexibility index (Phi) is 6.46. The van der Waals surface area contributed by atoms with Crippen LogP contribution in [0.1, 0.15) is 29.8 Å². The van der Waals surface area contributed by atoms with Gasteiger partial charge in [0.05, 0.1) is 24.3 Å². The highest BCUT2D eigenvalue weighted by atomic mass is 16.5. The molecule has 0 bridgehead atoms. The van der Waals surface area contributed by atoms with E-state index < -0.39 is 5.41 Å². The molecule has 1 amide bonds. The SMILES string of the molecule is COc1ccc(C(=O)Nc2cccc(Nc3ncccc3-c3ncnc4[nH]ccc34)c2)cc1C(C)(C)C#N. The Balaban J connectivity index is 1.40. The number of anilines is 3. The first-order valence-corrected chi connectivity index (χ1v) is 11.9. The lowest BCUT2D eigenvalue weighted by molar-refractivity contribution is 0.102. The van der Waals surface area contributed by atoms with Crippen molar-refractivity contribution in [2.75, 3.05) is 17.7 Å². The third-order valence-corrected chi connectivity index (χ3v) is 6.21. The van der Waals surface area contributed by atoms with Crippen molar-refractivity contribution in [2.24, 2.45) is 0 Å². The van der Waals surface area contributed by atoms with E-state index in [4.69, 9.17) is 4.74 Å². The number of nitriles is 1. The average molecular weight is 504 g/mol. The predicted molar refractivity (Wildman–Crippen MR) is 146 cm³/mol. The maximum atomic E-state index is 13.1. The molecule has 0 atom stereocenters. The number of hydrogen-bond donors (Lipinski definition) is 3. The van der Waals surface area contributed by atoms with Gasteiger partial charge in [0.1, 0.15) is 23.5 Å². The van der Waals surface area contributed by atoms with Gasteiger partial charge in [0.2, 0.25) is 0 Å². The number of benzene rings is 2. The summed E-state index contributed by atoms with van der Waals surface area (Å²) in [6, 6.07) is 20.4. The van der Waals surface area contributed by atoms with E-state index in [0.717, 1.165) is 28.0 Å². The quantitative estimate of drug-likeness (QED) is 0.255. The fourth-order valence-corrected chi connectivity index (χ4v) is 4.20. The van der Waals surface area contributed by atoms with Crippen molar-refractivity contribution in [3.63, 3.8) is 0 Å². The van der Waals surface area contributed by atoms with Crippen molar-refractivity contribution in [3.05, 3.63) is 90.5 Å². The molecule has 9 nitrogen and oxygen atoms in total. The topological polar surface area (TPSA) is 129 Å². The van der Waals surface area contributed by atoms with E-state index in [0.29, 0.717) is 28.4 Å². The number of carbonyl (C=O) groups is 1. The number of methoxy groups -OCH3 is 1.